The Kier molecular flexibility index (Phi) is 3.30. The van der Waals surface area contributed by atoms with E-state index in [0.29, 0.717) is 5.02 Å². The molecule has 0 fully saturated rings. The first kappa shape index (κ1) is 10.0. The Hall–Kier alpha value is -1.04. The fraction of sp³-hybridized carbons (Fsp3) is 0.300. The summed E-state index contributed by atoms with van der Waals surface area (Å²) in [6.45, 7) is 0. The number of halogens is 1. The first-order valence-corrected chi connectivity index (χ1v) is 4.34. The molecule has 1 rings (SSSR count). The van der Waals surface area contributed by atoms with E-state index in [1.54, 1.807) is 12.1 Å². The third kappa shape index (κ3) is 2.45. The highest BCUT2D eigenvalue weighted by Crippen LogP contribution is 2.19. The highest BCUT2D eigenvalue weighted by atomic mass is 35.5. The van der Waals surface area contributed by atoms with Gasteiger partial charge in [0.2, 0.25) is 0 Å². The molecule has 0 saturated carbocycles. The molecule has 1 aromatic carbocycles. The molecule has 2 nitrogen and oxygen atoms in total. The predicted octanol–water partition coefficient (Wildman–Crippen LogP) is 2.47. The number of rotatable bonds is 2. The molecule has 0 saturated heterocycles. The summed E-state index contributed by atoms with van der Waals surface area (Å²) in [5, 5.41) is 9.59. The molecule has 0 aliphatic carbocycles. The van der Waals surface area contributed by atoms with Crippen LogP contribution in [0.3, 0.4) is 0 Å². The SMILES string of the molecule is CN(C)C(C#N)c1ccc(Cl)cc1. The molecule has 1 atom stereocenters. The summed E-state index contributed by atoms with van der Waals surface area (Å²) < 4.78 is 0. The van der Waals surface area contributed by atoms with Crippen molar-refractivity contribution in [3.05, 3.63) is 34.9 Å². The van der Waals surface area contributed by atoms with Crippen LogP contribution in [0.25, 0.3) is 0 Å². The predicted molar refractivity (Wildman–Crippen MR) is 53.5 cm³/mol. The van der Waals surface area contributed by atoms with E-state index < -0.39 is 0 Å². The highest BCUT2D eigenvalue weighted by molar-refractivity contribution is 6.30. The van der Waals surface area contributed by atoms with Crippen LogP contribution in [0.4, 0.5) is 0 Å². The summed E-state index contributed by atoms with van der Waals surface area (Å²) in [5.41, 5.74) is 0.969. The van der Waals surface area contributed by atoms with Crippen molar-refractivity contribution in [1.82, 2.24) is 4.90 Å². The molecule has 0 aliphatic rings. The van der Waals surface area contributed by atoms with Crippen molar-refractivity contribution in [2.24, 2.45) is 0 Å². The summed E-state index contributed by atoms with van der Waals surface area (Å²) in [4.78, 5) is 1.86. The molecular formula is C10H11ClN2. The number of nitriles is 1. The van der Waals surface area contributed by atoms with E-state index in [1.165, 1.54) is 0 Å². The van der Waals surface area contributed by atoms with Crippen LogP contribution in [0, 0.1) is 11.3 Å². The van der Waals surface area contributed by atoms with E-state index in [0.717, 1.165) is 5.56 Å². The van der Waals surface area contributed by atoms with Gasteiger partial charge in [0.1, 0.15) is 6.04 Å². The maximum Gasteiger partial charge on any atom is 0.123 e. The molecule has 0 N–H and O–H groups in total. The first-order chi connectivity index (χ1) is 6.15. The quantitative estimate of drug-likeness (QED) is 0.723. The number of hydrogen-bond donors (Lipinski definition) is 0. The zero-order valence-electron chi connectivity index (χ0n) is 7.66. The molecule has 0 bridgehead atoms. The van der Waals surface area contributed by atoms with Crippen LogP contribution >= 0.6 is 11.6 Å². The molecular weight excluding hydrogens is 184 g/mol. The van der Waals surface area contributed by atoms with Gasteiger partial charge in [-0.2, -0.15) is 5.26 Å². The van der Waals surface area contributed by atoms with Crippen LogP contribution < -0.4 is 0 Å². The molecule has 0 spiro atoms. The summed E-state index contributed by atoms with van der Waals surface area (Å²) in [5.74, 6) is 0. The Bertz CT molecular complexity index is 311. The molecule has 1 aromatic rings. The third-order valence-corrected chi connectivity index (χ3v) is 2.08. The van der Waals surface area contributed by atoms with Crippen LogP contribution in [0.1, 0.15) is 11.6 Å². The van der Waals surface area contributed by atoms with Gasteiger partial charge >= 0.3 is 0 Å². The Morgan fingerprint density at radius 3 is 2.23 bits per heavy atom. The normalized spacial score (nSPS) is 12.5. The molecule has 0 aromatic heterocycles. The van der Waals surface area contributed by atoms with Crippen molar-refractivity contribution >= 4 is 11.6 Å². The molecule has 3 heteroatoms. The van der Waals surface area contributed by atoms with Crippen molar-refractivity contribution in [3.63, 3.8) is 0 Å². The lowest BCUT2D eigenvalue weighted by molar-refractivity contribution is 0.358. The van der Waals surface area contributed by atoms with Crippen molar-refractivity contribution < 1.29 is 0 Å². The second-order valence-electron chi connectivity index (χ2n) is 3.05. The van der Waals surface area contributed by atoms with Crippen LogP contribution in [0.15, 0.2) is 24.3 Å². The van der Waals surface area contributed by atoms with E-state index in [1.807, 2.05) is 31.1 Å². The topological polar surface area (TPSA) is 27.0 Å². The average Bonchev–Trinajstić information content (AvgIpc) is 2.09. The Morgan fingerprint density at radius 2 is 1.85 bits per heavy atom. The fourth-order valence-corrected chi connectivity index (χ4v) is 1.26. The largest absolute Gasteiger partial charge is 0.291 e. The average molecular weight is 195 g/mol. The van der Waals surface area contributed by atoms with Gasteiger partial charge in [0.15, 0.2) is 0 Å². The number of hydrogen-bond acceptors (Lipinski definition) is 2. The van der Waals surface area contributed by atoms with Gasteiger partial charge in [0.25, 0.3) is 0 Å². The third-order valence-electron chi connectivity index (χ3n) is 1.82. The second kappa shape index (κ2) is 4.27. The van der Waals surface area contributed by atoms with E-state index in [4.69, 9.17) is 16.9 Å². The van der Waals surface area contributed by atoms with Crippen LogP contribution in [0.5, 0.6) is 0 Å². The molecule has 0 heterocycles. The Balaban J connectivity index is 2.94. The summed E-state index contributed by atoms with van der Waals surface area (Å²) >= 11 is 5.74. The Labute approximate surface area is 83.3 Å². The van der Waals surface area contributed by atoms with Crippen molar-refractivity contribution in [1.29, 1.82) is 5.26 Å². The lowest BCUT2D eigenvalue weighted by Crippen LogP contribution is -2.17. The maximum absolute atomic E-state index is 8.89. The number of nitrogens with zero attached hydrogens (tertiary/aromatic N) is 2. The van der Waals surface area contributed by atoms with Gasteiger partial charge in [-0.15, -0.1) is 0 Å². The minimum atomic E-state index is -0.197. The van der Waals surface area contributed by atoms with Gasteiger partial charge in [0.05, 0.1) is 6.07 Å². The van der Waals surface area contributed by atoms with E-state index in [2.05, 4.69) is 6.07 Å². The fourth-order valence-electron chi connectivity index (χ4n) is 1.13. The van der Waals surface area contributed by atoms with E-state index in [9.17, 15) is 0 Å². The van der Waals surface area contributed by atoms with Crippen LogP contribution in [-0.4, -0.2) is 19.0 Å². The zero-order chi connectivity index (χ0) is 9.84. The Morgan fingerprint density at radius 1 is 1.31 bits per heavy atom. The summed E-state index contributed by atoms with van der Waals surface area (Å²) in [6.07, 6.45) is 0. The first-order valence-electron chi connectivity index (χ1n) is 3.96. The molecule has 1 unspecified atom stereocenters. The van der Waals surface area contributed by atoms with Gasteiger partial charge in [0, 0.05) is 5.02 Å². The standard InChI is InChI=1S/C10H11ClN2/c1-13(2)10(7-12)8-3-5-9(11)6-4-8/h3-6,10H,1-2H3. The molecule has 68 valence electrons. The molecule has 0 aliphatic heterocycles. The minimum Gasteiger partial charge on any atom is -0.291 e. The smallest absolute Gasteiger partial charge is 0.123 e. The van der Waals surface area contributed by atoms with Gasteiger partial charge in [-0.25, -0.2) is 0 Å². The van der Waals surface area contributed by atoms with Crippen molar-refractivity contribution in [2.45, 2.75) is 6.04 Å². The van der Waals surface area contributed by atoms with Crippen molar-refractivity contribution in [2.75, 3.05) is 14.1 Å². The molecule has 0 radical (unpaired) electrons. The van der Waals surface area contributed by atoms with Gasteiger partial charge in [-0.3, -0.25) is 4.90 Å². The molecule has 0 amide bonds. The minimum absolute atomic E-state index is 0.197. The second-order valence-corrected chi connectivity index (χ2v) is 3.48. The van der Waals surface area contributed by atoms with Gasteiger partial charge in [-0.05, 0) is 31.8 Å². The van der Waals surface area contributed by atoms with E-state index >= 15 is 0 Å². The molecule has 13 heavy (non-hydrogen) atoms. The monoisotopic (exact) mass is 194 g/mol. The van der Waals surface area contributed by atoms with Crippen LogP contribution in [0.2, 0.25) is 5.02 Å². The maximum atomic E-state index is 8.89. The van der Waals surface area contributed by atoms with Gasteiger partial charge in [-0.1, -0.05) is 23.7 Å². The summed E-state index contributed by atoms with van der Waals surface area (Å²) in [7, 11) is 3.75. The summed E-state index contributed by atoms with van der Waals surface area (Å²) in [6, 6.07) is 9.36. The van der Waals surface area contributed by atoms with Gasteiger partial charge < -0.3 is 0 Å². The lowest BCUT2D eigenvalue weighted by Gasteiger charge is -2.17. The van der Waals surface area contributed by atoms with Crippen molar-refractivity contribution in [3.8, 4) is 6.07 Å². The highest BCUT2D eigenvalue weighted by Gasteiger charge is 2.11. The lowest BCUT2D eigenvalue weighted by atomic mass is 10.1. The number of benzene rings is 1. The van der Waals surface area contributed by atoms with E-state index in [-0.39, 0.29) is 6.04 Å². The zero-order valence-corrected chi connectivity index (χ0v) is 8.42. The van der Waals surface area contributed by atoms with Crippen LogP contribution in [-0.2, 0) is 0 Å².